The molecule has 0 bridgehead atoms. The van der Waals surface area contributed by atoms with Gasteiger partial charge in [-0.15, -0.1) is 0 Å². The molecular formula is C44H94N6O2+2. The summed E-state index contributed by atoms with van der Waals surface area (Å²) in [4.78, 5) is 28.9. The van der Waals surface area contributed by atoms with Crippen LogP contribution in [0.15, 0.2) is 0 Å². The van der Waals surface area contributed by atoms with Crippen molar-refractivity contribution in [3.63, 3.8) is 0 Å². The number of hydrogen-bond acceptors (Lipinski definition) is 4. The molecule has 0 saturated carbocycles. The zero-order valence-corrected chi connectivity index (χ0v) is 36.6. The van der Waals surface area contributed by atoms with E-state index < -0.39 is 0 Å². The number of rotatable bonds is 39. The summed E-state index contributed by atoms with van der Waals surface area (Å²) in [6.07, 6.45) is 28.9. The first kappa shape index (κ1) is 50.8. The summed E-state index contributed by atoms with van der Waals surface area (Å²) in [5, 5.41) is 7.30. The van der Waals surface area contributed by atoms with Crippen molar-refractivity contribution in [3.8, 4) is 0 Å². The lowest BCUT2D eigenvalue weighted by atomic mass is 10.1. The Bertz CT molecular complexity index is 755. The van der Waals surface area contributed by atoms with E-state index >= 15 is 0 Å². The lowest BCUT2D eigenvalue weighted by Gasteiger charge is -2.31. The van der Waals surface area contributed by atoms with Crippen molar-refractivity contribution in [1.82, 2.24) is 20.4 Å². The Hall–Kier alpha value is -1.22. The summed E-state index contributed by atoms with van der Waals surface area (Å²) in [5.74, 6) is 0.645. The number of hydrogen-bond donors (Lipinski definition) is 2. The fourth-order valence-corrected chi connectivity index (χ4v) is 7.16. The summed E-state index contributed by atoms with van der Waals surface area (Å²) < 4.78 is 2.05. The maximum absolute atomic E-state index is 12.5. The van der Waals surface area contributed by atoms with Gasteiger partial charge in [0.25, 0.3) is 0 Å². The maximum atomic E-state index is 12.5. The number of carbonyl (C=O) groups is 2. The Labute approximate surface area is 325 Å². The van der Waals surface area contributed by atoms with Gasteiger partial charge < -0.3 is 29.4 Å². The molecule has 0 aromatic heterocycles. The minimum absolute atomic E-state index is 0.322. The summed E-state index contributed by atoms with van der Waals surface area (Å²) in [6.45, 7) is 15.2. The number of nitrogens with one attached hydrogen (secondary N) is 2. The van der Waals surface area contributed by atoms with Gasteiger partial charge in [-0.25, -0.2) is 0 Å². The van der Waals surface area contributed by atoms with E-state index in [0.29, 0.717) is 24.7 Å². The van der Waals surface area contributed by atoms with Crippen LogP contribution in [0.1, 0.15) is 168 Å². The molecule has 0 aromatic carbocycles. The van der Waals surface area contributed by atoms with E-state index in [-0.39, 0.29) is 0 Å². The van der Waals surface area contributed by atoms with Crippen LogP contribution in [0.4, 0.5) is 0 Å². The first-order valence-electron chi connectivity index (χ1n) is 22.5. The van der Waals surface area contributed by atoms with Crippen LogP contribution >= 0.6 is 0 Å². The highest BCUT2D eigenvalue weighted by atomic mass is 16.2. The van der Waals surface area contributed by atoms with Gasteiger partial charge in [0.05, 0.1) is 54.4 Å². The second-order valence-electron chi connectivity index (χ2n) is 17.5. The van der Waals surface area contributed by atoms with Crippen molar-refractivity contribution < 1.29 is 18.6 Å². The van der Waals surface area contributed by atoms with Crippen LogP contribution in [0.25, 0.3) is 0 Å². The standard InChI is InChI=1S/C44H94N6O2/c1-9-11-13-15-17-19-21-23-31-43(51)47(3)37-29-41-49(5,6)39-27-35-45-33-25-26-34-46-36-28-40-50(7,8)42-30-38-48(4)44(52)32-24-22-20-18-16-14-12-10-2/h45-46H,9-42H2,1-8H3/q+2. The average molecular weight is 739 g/mol. The molecule has 8 nitrogen and oxygen atoms in total. The molecule has 0 aliphatic rings. The van der Waals surface area contributed by atoms with E-state index in [0.717, 1.165) is 87.0 Å². The van der Waals surface area contributed by atoms with E-state index in [4.69, 9.17) is 0 Å². The van der Waals surface area contributed by atoms with E-state index in [1.807, 2.05) is 23.9 Å². The number of carbonyl (C=O) groups excluding carboxylic acids is 2. The van der Waals surface area contributed by atoms with Gasteiger partial charge in [0.1, 0.15) is 0 Å². The largest absolute Gasteiger partial charge is 0.346 e. The third-order valence-electron chi connectivity index (χ3n) is 11.0. The van der Waals surface area contributed by atoms with Crippen LogP contribution in [-0.2, 0) is 9.59 Å². The van der Waals surface area contributed by atoms with Crippen LogP contribution in [0, 0.1) is 0 Å². The topological polar surface area (TPSA) is 64.7 Å². The highest BCUT2D eigenvalue weighted by Gasteiger charge is 2.17. The molecular weight excluding hydrogens is 645 g/mol. The van der Waals surface area contributed by atoms with Crippen molar-refractivity contribution in [1.29, 1.82) is 0 Å². The van der Waals surface area contributed by atoms with Crippen molar-refractivity contribution in [2.75, 3.05) is 108 Å². The summed E-state index contributed by atoms with van der Waals surface area (Å²) in [7, 11) is 13.3. The Balaban J connectivity index is 3.69. The normalized spacial score (nSPS) is 12.1. The summed E-state index contributed by atoms with van der Waals surface area (Å²) >= 11 is 0. The van der Waals surface area contributed by atoms with Gasteiger partial charge in [0.2, 0.25) is 11.8 Å². The van der Waals surface area contributed by atoms with Gasteiger partial charge in [-0.3, -0.25) is 9.59 Å². The SMILES string of the molecule is CCCCCCCCCCC(=O)N(C)CCC[N+](C)(C)CCCNCCCCNCCC[N+](C)(C)CCCN(C)C(=O)CCCCCCCCCC. The smallest absolute Gasteiger partial charge is 0.222 e. The maximum Gasteiger partial charge on any atom is 0.222 e. The van der Waals surface area contributed by atoms with Crippen LogP contribution in [0.5, 0.6) is 0 Å². The van der Waals surface area contributed by atoms with Crippen LogP contribution in [0.3, 0.4) is 0 Å². The molecule has 0 rings (SSSR count). The highest BCUT2D eigenvalue weighted by molar-refractivity contribution is 5.76. The second-order valence-corrected chi connectivity index (χ2v) is 17.5. The molecule has 0 aromatic rings. The molecule has 0 atom stereocenters. The molecule has 0 aliphatic heterocycles. The van der Waals surface area contributed by atoms with Crippen molar-refractivity contribution in [3.05, 3.63) is 0 Å². The lowest BCUT2D eigenvalue weighted by Crippen LogP contribution is -2.43. The quantitative estimate of drug-likeness (QED) is 0.0490. The van der Waals surface area contributed by atoms with E-state index in [1.54, 1.807) is 0 Å². The van der Waals surface area contributed by atoms with Crippen LogP contribution < -0.4 is 10.6 Å². The molecule has 0 unspecified atom stereocenters. The van der Waals surface area contributed by atoms with Gasteiger partial charge in [-0.2, -0.15) is 0 Å². The molecule has 8 heteroatoms. The monoisotopic (exact) mass is 739 g/mol. The molecule has 0 fully saturated rings. The summed E-state index contributed by atoms with van der Waals surface area (Å²) in [6, 6.07) is 0. The van der Waals surface area contributed by atoms with Gasteiger partial charge in [-0.1, -0.05) is 104 Å². The van der Waals surface area contributed by atoms with Gasteiger partial charge in [-0.05, 0) is 38.8 Å². The molecule has 0 heterocycles. The molecule has 0 spiro atoms. The fraction of sp³-hybridized carbons (Fsp3) is 0.955. The van der Waals surface area contributed by atoms with Gasteiger partial charge in [0, 0.05) is 78.8 Å². The van der Waals surface area contributed by atoms with Crippen molar-refractivity contribution in [2.45, 2.75) is 168 Å². The Morgan fingerprint density at radius 3 is 1.04 bits per heavy atom. The Morgan fingerprint density at radius 1 is 0.404 bits per heavy atom. The number of quaternary nitrogens is 2. The molecule has 0 radical (unpaired) electrons. The van der Waals surface area contributed by atoms with Crippen molar-refractivity contribution >= 4 is 11.8 Å². The second kappa shape index (κ2) is 34.3. The third kappa shape index (κ3) is 33.4. The van der Waals surface area contributed by atoms with Gasteiger partial charge in [0.15, 0.2) is 0 Å². The Kier molecular flexibility index (Phi) is 33.5. The van der Waals surface area contributed by atoms with Crippen LogP contribution in [0.2, 0.25) is 0 Å². The number of amides is 2. The van der Waals surface area contributed by atoms with E-state index in [1.165, 1.54) is 129 Å². The highest BCUT2D eigenvalue weighted by Crippen LogP contribution is 2.12. The molecule has 2 N–H and O–H groups in total. The van der Waals surface area contributed by atoms with E-state index in [2.05, 4.69) is 52.7 Å². The zero-order chi connectivity index (χ0) is 38.8. The minimum atomic E-state index is 0.322. The molecule has 0 saturated heterocycles. The molecule has 310 valence electrons. The average Bonchev–Trinajstić information content (AvgIpc) is 3.10. The lowest BCUT2D eigenvalue weighted by molar-refractivity contribution is -0.890. The first-order chi connectivity index (χ1) is 24.9. The predicted octanol–water partition coefficient (Wildman–Crippen LogP) is 8.64. The van der Waals surface area contributed by atoms with Crippen LogP contribution in [-0.4, -0.2) is 138 Å². The predicted molar refractivity (Wildman–Crippen MR) is 227 cm³/mol. The molecule has 2 amide bonds. The fourth-order valence-electron chi connectivity index (χ4n) is 7.16. The number of unbranched alkanes of at least 4 members (excludes halogenated alkanes) is 15. The van der Waals surface area contributed by atoms with E-state index in [9.17, 15) is 9.59 Å². The summed E-state index contributed by atoms with van der Waals surface area (Å²) in [5.41, 5.74) is 0. The zero-order valence-electron chi connectivity index (χ0n) is 36.6. The van der Waals surface area contributed by atoms with Crippen molar-refractivity contribution in [2.24, 2.45) is 0 Å². The third-order valence-corrected chi connectivity index (χ3v) is 11.0. The number of nitrogens with zero attached hydrogens (tertiary/aromatic N) is 4. The Morgan fingerprint density at radius 2 is 0.692 bits per heavy atom. The first-order valence-corrected chi connectivity index (χ1v) is 22.5. The molecule has 0 aliphatic carbocycles. The molecule has 52 heavy (non-hydrogen) atoms. The minimum Gasteiger partial charge on any atom is -0.346 e. The van der Waals surface area contributed by atoms with Gasteiger partial charge >= 0.3 is 0 Å².